The summed E-state index contributed by atoms with van der Waals surface area (Å²) >= 11 is 3.66. The zero-order valence-electron chi connectivity index (χ0n) is 13.7. The van der Waals surface area contributed by atoms with Gasteiger partial charge in [0.05, 0.1) is 0 Å². The molecule has 1 aromatic heterocycles. The van der Waals surface area contributed by atoms with E-state index in [9.17, 15) is 4.39 Å². The Morgan fingerprint density at radius 1 is 1.00 bits per heavy atom. The molecule has 0 fully saturated rings. The van der Waals surface area contributed by atoms with E-state index in [-0.39, 0.29) is 5.82 Å². The Bertz CT molecular complexity index is 624. The van der Waals surface area contributed by atoms with Crippen molar-refractivity contribution in [2.24, 2.45) is 0 Å². The second kappa shape index (κ2) is 5.88. The Balaban J connectivity index is 2.86. The molecule has 4 heteroatoms. The minimum absolute atomic E-state index is 0.159. The largest absolute Gasteiger partial charge is 0.372 e. The molecule has 0 radical (unpaired) electrons. The monoisotopic (exact) mass is 369 g/mol. The third-order valence-corrected chi connectivity index (χ3v) is 12.3. The van der Waals surface area contributed by atoms with Crippen LogP contribution in [0.3, 0.4) is 0 Å². The molecular formula is C17H25BrFNSi. The SMILES string of the molecule is CC(C)[Si](C(C)C)(C(C)C)n1cc(Br)c2ccc(F)cc21. The lowest BCUT2D eigenvalue weighted by atomic mass is 10.2. The van der Waals surface area contributed by atoms with Gasteiger partial charge in [0, 0.05) is 21.6 Å². The molecule has 0 amide bonds. The van der Waals surface area contributed by atoms with Gasteiger partial charge in [-0.3, -0.25) is 0 Å². The van der Waals surface area contributed by atoms with Crippen LogP contribution in [0.25, 0.3) is 10.9 Å². The predicted molar refractivity (Wildman–Crippen MR) is 96.0 cm³/mol. The number of hydrogen-bond acceptors (Lipinski definition) is 0. The van der Waals surface area contributed by atoms with Crippen LogP contribution in [0.1, 0.15) is 41.5 Å². The number of rotatable bonds is 4. The van der Waals surface area contributed by atoms with Crippen molar-refractivity contribution in [1.29, 1.82) is 0 Å². The van der Waals surface area contributed by atoms with Crippen molar-refractivity contribution in [2.45, 2.75) is 58.2 Å². The van der Waals surface area contributed by atoms with Crippen LogP contribution in [0.5, 0.6) is 0 Å². The van der Waals surface area contributed by atoms with Gasteiger partial charge in [0.15, 0.2) is 8.24 Å². The number of benzene rings is 1. The Labute approximate surface area is 136 Å². The zero-order valence-corrected chi connectivity index (χ0v) is 16.3. The summed E-state index contributed by atoms with van der Waals surface area (Å²) in [5.41, 5.74) is 2.79. The third kappa shape index (κ3) is 2.50. The van der Waals surface area contributed by atoms with Gasteiger partial charge in [-0.25, -0.2) is 4.39 Å². The predicted octanol–water partition coefficient (Wildman–Crippen LogP) is 6.57. The number of aromatic nitrogens is 1. The highest BCUT2D eigenvalue weighted by molar-refractivity contribution is 9.10. The smallest absolute Gasteiger partial charge is 0.169 e. The minimum atomic E-state index is -1.85. The normalized spacial score (nSPS) is 13.1. The molecule has 1 aromatic carbocycles. The minimum Gasteiger partial charge on any atom is -0.372 e. The first kappa shape index (κ1) is 16.8. The van der Waals surface area contributed by atoms with Gasteiger partial charge < -0.3 is 4.23 Å². The summed E-state index contributed by atoms with van der Waals surface area (Å²) in [5, 5.41) is 1.11. The van der Waals surface area contributed by atoms with E-state index in [1.807, 2.05) is 6.07 Å². The fourth-order valence-corrected chi connectivity index (χ4v) is 11.7. The fourth-order valence-electron chi connectivity index (χ4n) is 4.31. The number of fused-ring (bicyclic) bond motifs is 1. The van der Waals surface area contributed by atoms with Crippen molar-refractivity contribution >= 4 is 35.1 Å². The molecule has 0 aliphatic heterocycles. The first-order valence-electron chi connectivity index (χ1n) is 7.69. The molecule has 2 aromatic rings. The van der Waals surface area contributed by atoms with Crippen molar-refractivity contribution in [3.63, 3.8) is 0 Å². The summed E-state index contributed by atoms with van der Waals surface area (Å²) in [7, 11) is -1.85. The fraction of sp³-hybridized carbons (Fsp3) is 0.529. The summed E-state index contributed by atoms with van der Waals surface area (Å²) in [6, 6.07) is 5.11. The topological polar surface area (TPSA) is 4.93 Å². The molecule has 0 saturated carbocycles. The van der Waals surface area contributed by atoms with Crippen LogP contribution in [0.4, 0.5) is 4.39 Å². The van der Waals surface area contributed by atoms with Crippen LogP contribution in [0.15, 0.2) is 28.9 Å². The first-order valence-corrected chi connectivity index (χ1v) is 10.7. The number of nitrogens with zero attached hydrogens (tertiary/aromatic N) is 1. The van der Waals surface area contributed by atoms with Crippen LogP contribution in [-0.2, 0) is 0 Å². The standard InChI is InChI=1S/C17H25BrFNSi/c1-11(2)21(12(3)4,13(5)6)20-10-16(18)15-8-7-14(19)9-17(15)20/h7-13H,1-6H3. The Morgan fingerprint density at radius 2 is 1.52 bits per heavy atom. The lowest BCUT2D eigenvalue weighted by Gasteiger charge is -2.44. The van der Waals surface area contributed by atoms with E-state index < -0.39 is 8.24 Å². The van der Waals surface area contributed by atoms with Gasteiger partial charge in [-0.1, -0.05) is 41.5 Å². The van der Waals surface area contributed by atoms with Crippen LogP contribution >= 0.6 is 15.9 Å². The van der Waals surface area contributed by atoms with Gasteiger partial charge in [-0.05, 0) is 50.8 Å². The van der Waals surface area contributed by atoms with E-state index >= 15 is 0 Å². The first-order chi connectivity index (χ1) is 9.72. The molecule has 116 valence electrons. The highest BCUT2D eigenvalue weighted by atomic mass is 79.9. The van der Waals surface area contributed by atoms with E-state index in [0.717, 1.165) is 15.4 Å². The van der Waals surface area contributed by atoms with Crippen molar-refractivity contribution in [2.75, 3.05) is 0 Å². The Morgan fingerprint density at radius 3 is 2.00 bits per heavy atom. The second-order valence-corrected chi connectivity index (χ2v) is 13.4. The van der Waals surface area contributed by atoms with E-state index in [2.05, 4.69) is 67.9 Å². The van der Waals surface area contributed by atoms with Gasteiger partial charge in [0.25, 0.3) is 0 Å². The molecule has 0 aliphatic carbocycles. The van der Waals surface area contributed by atoms with E-state index in [1.165, 1.54) is 0 Å². The average Bonchev–Trinajstić information content (AvgIpc) is 2.66. The number of hydrogen-bond donors (Lipinski definition) is 0. The lowest BCUT2D eigenvalue weighted by molar-refractivity contribution is 0.629. The summed E-state index contributed by atoms with van der Waals surface area (Å²) in [6.45, 7) is 13.9. The average molecular weight is 370 g/mol. The van der Waals surface area contributed by atoms with Gasteiger partial charge in [0.2, 0.25) is 0 Å². The number of halogens is 2. The summed E-state index contributed by atoms with van der Waals surface area (Å²) in [5.74, 6) is -0.159. The van der Waals surface area contributed by atoms with E-state index in [4.69, 9.17) is 0 Å². The van der Waals surface area contributed by atoms with Crippen molar-refractivity contribution in [3.05, 3.63) is 34.7 Å². The van der Waals surface area contributed by atoms with Gasteiger partial charge in [-0.15, -0.1) is 0 Å². The molecule has 0 bridgehead atoms. The van der Waals surface area contributed by atoms with Crippen LogP contribution in [-0.4, -0.2) is 12.5 Å². The Hall–Kier alpha value is -0.613. The van der Waals surface area contributed by atoms with Crippen molar-refractivity contribution in [1.82, 2.24) is 4.23 Å². The molecule has 1 nitrogen and oxygen atoms in total. The zero-order chi connectivity index (χ0) is 15.9. The van der Waals surface area contributed by atoms with Crippen LogP contribution in [0, 0.1) is 5.82 Å². The maximum absolute atomic E-state index is 13.8. The lowest BCUT2D eigenvalue weighted by Crippen LogP contribution is -2.51. The van der Waals surface area contributed by atoms with Crippen LogP contribution in [0.2, 0.25) is 16.6 Å². The van der Waals surface area contributed by atoms with Crippen molar-refractivity contribution < 1.29 is 4.39 Å². The second-order valence-electron chi connectivity index (χ2n) is 6.86. The van der Waals surface area contributed by atoms with E-state index in [0.29, 0.717) is 16.6 Å². The summed E-state index contributed by atoms with van der Waals surface area (Å²) in [4.78, 5) is 0. The molecule has 1 heterocycles. The van der Waals surface area contributed by atoms with Crippen molar-refractivity contribution in [3.8, 4) is 0 Å². The molecule has 0 atom stereocenters. The van der Waals surface area contributed by atoms with Gasteiger partial charge in [-0.2, -0.15) is 0 Å². The van der Waals surface area contributed by atoms with Gasteiger partial charge >= 0.3 is 0 Å². The highest BCUT2D eigenvalue weighted by Gasteiger charge is 2.45. The molecule has 2 rings (SSSR count). The van der Waals surface area contributed by atoms with E-state index in [1.54, 1.807) is 12.1 Å². The molecule has 21 heavy (non-hydrogen) atoms. The summed E-state index contributed by atoms with van der Waals surface area (Å²) < 4.78 is 17.3. The molecular weight excluding hydrogens is 345 g/mol. The maximum Gasteiger partial charge on any atom is 0.169 e. The van der Waals surface area contributed by atoms with Crippen LogP contribution < -0.4 is 0 Å². The Kier molecular flexibility index (Phi) is 4.69. The van der Waals surface area contributed by atoms with Gasteiger partial charge in [0.1, 0.15) is 5.82 Å². The third-order valence-electron chi connectivity index (χ3n) is 4.91. The maximum atomic E-state index is 13.8. The summed E-state index contributed by atoms with van der Waals surface area (Å²) in [6.07, 6.45) is 2.19. The molecule has 0 saturated heterocycles. The molecule has 0 spiro atoms. The molecule has 0 aliphatic rings. The quantitative estimate of drug-likeness (QED) is 0.537. The molecule has 0 unspecified atom stereocenters. The highest BCUT2D eigenvalue weighted by Crippen LogP contribution is 2.45. The molecule has 0 N–H and O–H groups in total.